The van der Waals surface area contributed by atoms with Crippen LogP contribution < -0.4 is 5.32 Å². The first-order valence-electron chi connectivity index (χ1n) is 8.80. The summed E-state index contributed by atoms with van der Waals surface area (Å²) < 4.78 is 10.1. The van der Waals surface area contributed by atoms with Gasteiger partial charge in [0.25, 0.3) is 5.91 Å². The van der Waals surface area contributed by atoms with E-state index in [9.17, 15) is 14.4 Å². The summed E-state index contributed by atoms with van der Waals surface area (Å²) in [6, 6.07) is 9.05. The Morgan fingerprint density at radius 3 is 2.29 bits per heavy atom. The molecule has 1 atom stereocenters. The molecule has 7 heteroatoms. The molecule has 7 nitrogen and oxygen atoms in total. The number of amides is 1. The highest BCUT2D eigenvalue weighted by Crippen LogP contribution is 2.14. The highest BCUT2D eigenvalue weighted by molar-refractivity contribution is 5.96. The number of rotatable bonds is 6. The fourth-order valence-electron chi connectivity index (χ4n) is 2.42. The van der Waals surface area contributed by atoms with Crippen LogP contribution in [0.1, 0.15) is 47.1 Å². The van der Waals surface area contributed by atoms with E-state index in [0.29, 0.717) is 11.1 Å². The molecule has 1 amide bonds. The van der Waals surface area contributed by atoms with Crippen molar-refractivity contribution in [2.45, 2.75) is 38.8 Å². The van der Waals surface area contributed by atoms with Crippen molar-refractivity contribution in [1.82, 2.24) is 10.3 Å². The molecule has 0 aliphatic carbocycles. The number of aromatic nitrogens is 1. The van der Waals surface area contributed by atoms with Crippen LogP contribution in [0.15, 0.2) is 48.8 Å². The Balaban J connectivity index is 2.09. The Hall–Kier alpha value is -3.22. The minimum absolute atomic E-state index is 0.216. The van der Waals surface area contributed by atoms with Crippen LogP contribution in [0.4, 0.5) is 0 Å². The van der Waals surface area contributed by atoms with Gasteiger partial charge < -0.3 is 14.8 Å². The fourth-order valence-corrected chi connectivity index (χ4v) is 2.42. The van der Waals surface area contributed by atoms with Gasteiger partial charge in [-0.25, -0.2) is 9.59 Å². The Morgan fingerprint density at radius 1 is 1.07 bits per heavy atom. The lowest BCUT2D eigenvalue weighted by Gasteiger charge is -2.20. The number of hydrogen-bond acceptors (Lipinski definition) is 6. The molecule has 1 aromatic carbocycles. The quantitative estimate of drug-likeness (QED) is 0.769. The van der Waals surface area contributed by atoms with Crippen LogP contribution in [-0.2, 0) is 20.7 Å². The summed E-state index contributed by atoms with van der Waals surface area (Å²) in [5.74, 6) is -1.41. The van der Waals surface area contributed by atoms with Crippen LogP contribution in [0, 0.1) is 0 Å². The smallest absolute Gasteiger partial charge is 0.338 e. The summed E-state index contributed by atoms with van der Waals surface area (Å²) in [6.07, 6.45) is 3.19. The van der Waals surface area contributed by atoms with Gasteiger partial charge in [-0.3, -0.25) is 9.78 Å². The van der Waals surface area contributed by atoms with Gasteiger partial charge in [-0.05, 0) is 50.6 Å². The van der Waals surface area contributed by atoms with Gasteiger partial charge in [-0.1, -0.05) is 12.1 Å². The highest BCUT2D eigenvalue weighted by atomic mass is 16.6. The first kappa shape index (κ1) is 21.1. The second-order valence-corrected chi connectivity index (χ2v) is 7.19. The van der Waals surface area contributed by atoms with Crippen molar-refractivity contribution in [2.24, 2.45) is 0 Å². The lowest BCUT2D eigenvalue weighted by Crippen LogP contribution is -2.43. The molecule has 1 N–H and O–H groups in total. The van der Waals surface area contributed by atoms with Crippen molar-refractivity contribution < 1.29 is 23.9 Å². The molecule has 0 saturated heterocycles. The molecule has 2 aromatic rings. The SMILES string of the molecule is COC(=O)[C@H](Cc1ccc(C(=O)OC(C)(C)C)cc1)NC(=O)c1cccnc1. The van der Waals surface area contributed by atoms with E-state index < -0.39 is 29.5 Å². The van der Waals surface area contributed by atoms with E-state index in [-0.39, 0.29) is 6.42 Å². The molecular weight excluding hydrogens is 360 g/mol. The van der Waals surface area contributed by atoms with Gasteiger partial charge in [0.15, 0.2) is 0 Å². The summed E-state index contributed by atoms with van der Waals surface area (Å²) in [5.41, 5.74) is 0.932. The van der Waals surface area contributed by atoms with E-state index >= 15 is 0 Å². The number of carbonyl (C=O) groups excluding carboxylic acids is 3. The minimum Gasteiger partial charge on any atom is -0.467 e. The zero-order valence-electron chi connectivity index (χ0n) is 16.4. The van der Waals surface area contributed by atoms with Gasteiger partial charge >= 0.3 is 11.9 Å². The summed E-state index contributed by atoms with van der Waals surface area (Å²) in [6.45, 7) is 5.39. The molecule has 148 valence electrons. The molecule has 0 spiro atoms. The maximum atomic E-state index is 12.3. The van der Waals surface area contributed by atoms with Gasteiger partial charge in [-0.15, -0.1) is 0 Å². The number of methoxy groups -OCH3 is 1. The van der Waals surface area contributed by atoms with Crippen LogP contribution >= 0.6 is 0 Å². The van der Waals surface area contributed by atoms with Crippen LogP contribution in [0.3, 0.4) is 0 Å². The topological polar surface area (TPSA) is 94.6 Å². The molecule has 0 saturated carbocycles. The van der Waals surface area contributed by atoms with Crippen molar-refractivity contribution in [3.8, 4) is 0 Å². The lowest BCUT2D eigenvalue weighted by molar-refractivity contribution is -0.142. The summed E-state index contributed by atoms with van der Waals surface area (Å²) in [4.78, 5) is 40.4. The van der Waals surface area contributed by atoms with E-state index in [4.69, 9.17) is 9.47 Å². The van der Waals surface area contributed by atoms with Crippen molar-refractivity contribution in [3.63, 3.8) is 0 Å². The van der Waals surface area contributed by atoms with E-state index in [2.05, 4.69) is 10.3 Å². The Labute approximate surface area is 164 Å². The number of hydrogen-bond donors (Lipinski definition) is 1. The molecule has 0 fully saturated rings. The normalized spacial score (nSPS) is 12.0. The van der Waals surface area contributed by atoms with Crippen LogP contribution in [-0.4, -0.2) is 41.6 Å². The Kier molecular flexibility index (Phi) is 6.87. The van der Waals surface area contributed by atoms with Gasteiger partial charge in [0.1, 0.15) is 11.6 Å². The highest BCUT2D eigenvalue weighted by Gasteiger charge is 2.23. The maximum absolute atomic E-state index is 12.3. The predicted octanol–water partition coefficient (Wildman–Crippen LogP) is 2.55. The van der Waals surface area contributed by atoms with Gasteiger partial charge in [0.2, 0.25) is 0 Å². The maximum Gasteiger partial charge on any atom is 0.338 e. The van der Waals surface area contributed by atoms with Crippen molar-refractivity contribution in [2.75, 3.05) is 7.11 Å². The number of pyridine rings is 1. The number of ether oxygens (including phenoxy) is 2. The van der Waals surface area contributed by atoms with Crippen molar-refractivity contribution in [1.29, 1.82) is 0 Å². The van der Waals surface area contributed by atoms with E-state index in [1.807, 2.05) is 0 Å². The molecule has 0 aliphatic heterocycles. The number of benzene rings is 1. The standard InChI is InChI=1S/C21H24N2O5/c1-21(2,3)28-19(25)15-9-7-14(8-10-15)12-17(20(26)27-4)23-18(24)16-6-5-11-22-13-16/h5-11,13,17H,12H2,1-4H3,(H,23,24)/t17-/m0/s1. The molecular formula is C21H24N2O5. The average molecular weight is 384 g/mol. The van der Waals surface area contributed by atoms with Gasteiger partial charge in [0.05, 0.1) is 18.2 Å². The summed E-state index contributed by atoms with van der Waals surface area (Å²) in [7, 11) is 1.26. The minimum atomic E-state index is -0.870. The van der Waals surface area contributed by atoms with Gasteiger partial charge in [0, 0.05) is 18.8 Å². The molecule has 1 aromatic heterocycles. The summed E-state index contributed by atoms with van der Waals surface area (Å²) >= 11 is 0. The van der Waals surface area contributed by atoms with E-state index in [1.165, 1.54) is 13.3 Å². The zero-order valence-corrected chi connectivity index (χ0v) is 16.4. The van der Waals surface area contributed by atoms with Crippen LogP contribution in [0.2, 0.25) is 0 Å². The van der Waals surface area contributed by atoms with Crippen molar-refractivity contribution >= 4 is 17.8 Å². The third kappa shape index (κ3) is 6.19. The number of esters is 2. The molecule has 0 unspecified atom stereocenters. The summed E-state index contributed by atoms with van der Waals surface area (Å²) in [5, 5.41) is 2.66. The first-order valence-corrected chi connectivity index (χ1v) is 8.80. The predicted molar refractivity (Wildman–Crippen MR) is 103 cm³/mol. The largest absolute Gasteiger partial charge is 0.467 e. The first-order chi connectivity index (χ1) is 13.2. The lowest BCUT2D eigenvalue weighted by atomic mass is 10.0. The van der Waals surface area contributed by atoms with Gasteiger partial charge in [-0.2, -0.15) is 0 Å². The Morgan fingerprint density at radius 2 is 1.75 bits per heavy atom. The molecule has 2 rings (SSSR count). The third-order valence-electron chi connectivity index (χ3n) is 3.74. The second kappa shape index (κ2) is 9.12. The number of carbonyl (C=O) groups is 3. The van der Waals surface area contributed by atoms with Crippen LogP contribution in [0.25, 0.3) is 0 Å². The van der Waals surface area contributed by atoms with Crippen molar-refractivity contribution in [3.05, 3.63) is 65.5 Å². The zero-order chi connectivity index (χ0) is 20.7. The Bertz CT molecular complexity index is 826. The van der Waals surface area contributed by atoms with E-state index in [0.717, 1.165) is 5.56 Å². The monoisotopic (exact) mass is 384 g/mol. The number of nitrogens with one attached hydrogen (secondary N) is 1. The fraction of sp³-hybridized carbons (Fsp3) is 0.333. The molecule has 0 bridgehead atoms. The average Bonchev–Trinajstić information content (AvgIpc) is 2.66. The molecule has 28 heavy (non-hydrogen) atoms. The van der Waals surface area contributed by atoms with E-state index in [1.54, 1.807) is 63.4 Å². The molecule has 1 heterocycles. The third-order valence-corrected chi connectivity index (χ3v) is 3.74. The van der Waals surface area contributed by atoms with Crippen LogP contribution in [0.5, 0.6) is 0 Å². The molecule has 0 radical (unpaired) electrons. The second-order valence-electron chi connectivity index (χ2n) is 7.19. The molecule has 0 aliphatic rings. The number of nitrogens with zero attached hydrogens (tertiary/aromatic N) is 1.